The molecule has 0 spiro atoms. The van der Waals surface area contributed by atoms with Gasteiger partial charge in [-0.25, -0.2) is 0 Å². The Kier molecular flexibility index (Phi) is 7.69. The lowest BCUT2D eigenvalue weighted by Crippen LogP contribution is -2.46. The number of hydrogen-bond donors (Lipinski definition) is 1. The molecule has 0 aliphatic heterocycles. The lowest BCUT2D eigenvalue weighted by Gasteiger charge is -2.20. The third-order valence-electron chi connectivity index (χ3n) is 2.18. The normalized spacial score (nSPS) is 18.3. The molecular formula is C8H17Cl2NO2. The van der Waals surface area contributed by atoms with Crippen LogP contribution in [0.15, 0.2) is 0 Å². The number of carbonyl (C=O) groups is 1. The van der Waals surface area contributed by atoms with Crippen LogP contribution in [0.2, 0.25) is 0 Å². The second-order valence-corrected chi connectivity index (χ2v) is 3.08. The summed E-state index contributed by atoms with van der Waals surface area (Å²) in [7, 11) is 0. The number of rotatable bonds is 2. The summed E-state index contributed by atoms with van der Waals surface area (Å²) in [6.45, 7) is 2.23. The molecule has 3 nitrogen and oxygen atoms in total. The number of carbonyl (C=O) groups excluding carboxylic acids is 1. The van der Waals surface area contributed by atoms with E-state index in [0.29, 0.717) is 6.61 Å². The topological polar surface area (TPSA) is 52.3 Å². The van der Waals surface area contributed by atoms with E-state index in [1.807, 2.05) is 0 Å². The van der Waals surface area contributed by atoms with Gasteiger partial charge in [0, 0.05) is 0 Å². The summed E-state index contributed by atoms with van der Waals surface area (Å²) in [5.41, 5.74) is 5.16. The lowest BCUT2D eigenvalue weighted by molar-refractivity contribution is -0.149. The molecule has 80 valence electrons. The van der Waals surface area contributed by atoms with Crippen molar-refractivity contribution in [2.45, 2.75) is 38.1 Å². The van der Waals surface area contributed by atoms with Gasteiger partial charge in [-0.1, -0.05) is 12.8 Å². The molecule has 2 N–H and O–H groups in total. The quantitative estimate of drug-likeness (QED) is 0.734. The highest BCUT2D eigenvalue weighted by molar-refractivity contribution is 5.85. The SMILES string of the molecule is CCOC(=O)C1(N)CCCC1.Cl.Cl. The summed E-state index contributed by atoms with van der Waals surface area (Å²) in [5.74, 6) is -0.225. The lowest BCUT2D eigenvalue weighted by atomic mass is 10.00. The van der Waals surface area contributed by atoms with E-state index in [4.69, 9.17) is 10.5 Å². The zero-order valence-electron chi connectivity index (χ0n) is 7.75. The van der Waals surface area contributed by atoms with Gasteiger partial charge >= 0.3 is 5.97 Å². The second kappa shape index (κ2) is 6.46. The van der Waals surface area contributed by atoms with Crippen molar-refractivity contribution in [1.29, 1.82) is 0 Å². The van der Waals surface area contributed by atoms with Crippen molar-refractivity contribution in [2.75, 3.05) is 6.61 Å². The first-order valence-corrected chi connectivity index (χ1v) is 4.15. The summed E-state index contributed by atoms with van der Waals surface area (Å²) in [4.78, 5) is 11.2. The van der Waals surface area contributed by atoms with E-state index in [2.05, 4.69) is 0 Å². The van der Waals surface area contributed by atoms with E-state index in [1.165, 1.54) is 0 Å². The highest BCUT2D eigenvalue weighted by atomic mass is 35.5. The van der Waals surface area contributed by atoms with E-state index in [1.54, 1.807) is 6.92 Å². The predicted molar refractivity (Wildman–Crippen MR) is 56.5 cm³/mol. The number of esters is 1. The van der Waals surface area contributed by atoms with Gasteiger partial charge in [0.15, 0.2) is 0 Å². The molecule has 1 aliphatic carbocycles. The molecule has 0 heterocycles. The monoisotopic (exact) mass is 229 g/mol. The Morgan fingerprint density at radius 2 is 1.85 bits per heavy atom. The Morgan fingerprint density at radius 1 is 1.38 bits per heavy atom. The second-order valence-electron chi connectivity index (χ2n) is 3.08. The smallest absolute Gasteiger partial charge is 0.326 e. The van der Waals surface area contributed by atoms with Crippen molar-refractivity contribution in [1.82, 2.24) is 0 Å². The van der Waals surface area contributed by atoms with Crippen molar-refractivity contribution in [3.8, 4) is 0 Å². The molecule has 0 radical (unpaired) electrons. The summed E-state index contributed by atoms with van der Waals surface area (Å²) >= 11 is 0. The van der Waals surface area contributed by atoms with Gasteiger partial charge in [0.1, 0.15) is 5.54 Å². The van der Waals surface area contributed by atoms with Gasteiger partial charge in [-0.15, -0.1) is 24.8 Å². The van der Waals surface area contributed by atoms with E-state index >= 15 is 0 Å². The Hall–Kier alpha value is 0.01000. The highest BCUT2D eigenvalue weighted by Gasteiger charge is 2.38. The largest absolute Gasteiger partial charge is 0.465 e. The van der Waals surface area contributed by atoms with Gasteiger partial charge in [-0.2, -0.15) is 0 Å². The summed E-state index contributed by atoms with van der Waals surface area (Å²) in [6.07, 6.45) is 3.67. The summed E-state index contributed by atoms with van der Waals surface area (Å²) in [5, 5.41) is 0. The summed E-state index contributed by atoms with van der Waals surface area (Å²) < 4.78 is 4.86. The van der Waals surface area contributed by atoms with Crippen LogP contribution in [0, 0.1) is 0 Å². The number of ether oxygens (including phenoxy) is 1. The van der Waals surface area contributed by atoms with Crippen molar-refractivity contribution < 1.29 is 9.53 Å². The van der Waals surface area contributed by atoms with Crippen LogP contribution >= 0.6 is 24.8 Å². The number of halogens is 2. The zero-order chi connectivity index (χ0) is 8.32. The summed E-state index contributed by atoms with van der Waals surface area (Å²) in [6, 6.07) is 0. The van der Waals surface area contributed by atoms with Crippen molar-refractivity contribution in [3.63, 3.8) is 0 Å². The maximum absolute atomic E-state index is 11.2. The van der Waals surface area contributed by atoms with Crippen LogP contribution in [0.25, 0.3) is 0 Å². The first-order valence-electron chi connectivity index (χ1n) is 4.15. The van der Waals surface area contributed by atoms with Gasteiger partial charge in [-0.05, 0) is 19.8 Å². The van der Waals surface area contributed by atoms with Crippen LogP contribution < -0.4 is 5.73 Å². The molecule has 1 aliphatic rings. The molecule has 1 saturated carbocycles. The first kappa shape index (κ1) is 15.5. The van der Waals surface area contributed by atoms with E-state index < -0.39 is 5.54 Å². The van der Waals surface area contributed by atoms with Gasteiger partial charge in [-0.3, -0.25) is 4.79 Å². The average Bonchev–Trinajstić information content (AvgIpc) is 2.38. The fraction of sp³-hybridized carbons (Fsp3) is 0.875. The maximum atomic E-state index is 11.2. The zero-order valence-corrected chi connectivity index (χ0v) is 9.38. The average molecular weight is 230 g/mol. The van der Waals surface area contributed by atoms with Gasteiger partial charge < -0.3 is 10.5 Å². The Labute approximate surface area is 91.2 Å². The number of hydrogen-bond acceptors (Lipinski definition) is 3. The Balaban J connectivity index is 0. The van der Waals surface area contributed by atoms with Crippen molar-refractivity contribution in [3.05, 3.63) is 0 Å². The van der Waals surface area contributed by atoms with Crippen LogP contribution in [-0.4, -0.2) is 18.1 Å². The molecule has 0 atom stereocenters. The minimum Gasteiger partial charge on any atom is -0.465 e. The number of nitrogens with two attached hydrogens (primary N) is 1. The molecule has 0 bridgehead atoms. The molecule has 5 heteroatoms. The van der Waals surface area contributed by atoms with Crippen LogP contribution in [-0.2, 0) is 9.53 Å². The minimum absolute atomic E-state index is 0. The molecule has 1 fully saturated rings. The maximum Gasteiger partial charge on any atom is 0.326 e. The standard InChI is InChI=1S/C8H15NO2.2ClH/c1-2-11-7(10)8(9)5-3-4-6-8;;/h2-6,9H2,1H3;2*1H. The van der Waals surface area contributed by atoms with Gasteiger partial charge in [0.2, 0.25) is 0 Å². The van der Waals surface area contributed by atoms with Crippen LogP contribution in [0.3, 0.4) is 0 Å². The van der Waals surface area contributed by atoms with Crippen LogP contribution in [0.5, 0.6) is 0 Å². The molecule has 0 aromatic heterocycles. The van der Waals surface area contributed by atoms with Gasteiger partial charge in [0.05, 0.1) is 6.61 Å². The van der Waals surface area contributed by atoms with Crippen LogP contribution in [0.1, 0.15) is 32.6 Å². The molecule has 0 aromatic carbocycles. The van der Waals surface area contributed by atoms with Crippen molar-refractivity contribution in [2.24, 2.45) is 5.73 Å². The fourth-order valence-electron chi connectivity index (χ4n) is 1.48. The molecule has 0 amide bonds. The highest BCUT2D eigenvalue weighted by Crippen LogP contribution is 2.28. The van der Waals surface area contributed by atoms with Gasteiger partial charge in [0.25, 0.3) is 0 Å². The Bertz CT molecular complexity index is 158. The van der Waals surface area contributed by atoms with E-state index in [9.17, 15) is 4.79 Å². The van der Waals surface area contributed by atoms with Crippen LogP contribution in [0.4, 0.5) is 0 Å². The third-order valence-corrected chi connectivity index (χ3v) is 2.18. The van der Waals surface area contributed by atoms with E-state index in [-0.39, 0.29) is 30.8 Å². The van der Waals surface area contributed by atoms with Crippen molar-refractivity contribution >= 4 is 30.8 Å². The molecule has 0 aromatic rings. The molecular weight excluding hydrogens is 213 g/mol. The molecule has 13 heavy (non-hydrogen) atoms. The first-order chi connectivity index (χ1) is 5.19. The fourth-order valence-corrected chi connectivity index (χ4v) is 1.48. The molecule has 0 saturated heterocycles. The van der Waals surface area contributed by atoms with E-state index in [0.717, 1.165) is 25.7 Å². The third kappa shape index (κ3) is 3.71. The Morgan fingerprint density at radius 3 is 2.23 bits per heavy atom. The molecule has 0 unspecified atom stereocenters. The molecule has 1 rings (SSSR count). The minimum atomic E-state index is -0.657. The predicted octanol–water partition coefficient (Wildman–Crippen LogP) is 1.66.